The number of sulfone groups is 1. The van der Waals surface area contributed by atoms with Crippen molar-refractivity contribution in [2.24, 2.45) is 5.10 Å². The summed E-state index contributed by atoms with van der Waals surface area (Å²) < 4.78 is 25.6. The van der Waals surface area contributed by atoms with Crippen LogP contribution in [-0.4, -0.2) is 33.7 Å². The summed E-state index contributed by atoms with van der Waals surface area (Å²) in [6.07, 6.45) is 5.24. The van der Waals surface area contributed by atoms with E-state index in [1.165, 1.54) is 0 Å². The van der Waals surface area contributed by atoms with Crippen LogP contribution < -0.4 is 10.3 Å². The van der Waals surface area contributed by atoms with Gasteiger partial charge in [-0.3, -0.25) is 5.43 Å². The number of halogens is 1. The van der Waals surface area contributed by atoms with Gasteiger partial charge in [-0.15, -0.1) is 0 Å². The van der Waals surface area contributed by atoms with Gasteiger partial charge in [-0.05, 0) is 42.8 Å². The normalized spacial score (nSPS) is 12.0. The van der Waals surface area contributed by atoms with Gasteiger partial charge in [0.1, 0.15) is 4.34 Å². The lowest BCUT2D eigenvalue weighted by molar-refractivity contribution is 0.593. The second kappa shape index (κ2) is 9.42. The fourth-order valence-electron chi connectivity index (χ4n) is 2.50. The van der Waals surface area contributed by atoms with Crippen LogP contribution in [0.15, 0.2) is 69.6 Å². The first-order valence-electron chi connectivity index (χ1n) is 8.98. The molecule has 30 heavy (non-hydrogen) atoms. The molecule has 0 aliphatic heterocycles. The number of hydrogen-bond acceptors (Lipinski definition) is 7. The van der Waals surface area contributed by atoms with Gasteiger partial charge >= 0.3 is 0 Å². The number of thiazole rings is 1. The van der Waals surface area contributed by atoms with Crippen LogP contribution in [0.5, 0.6) is 0 Å². The topological polar surface area (TPSA) is 74.7 Å². The first kappa shape index (κ1) is 22.0. The van der Waals surface area contributed by atoms with Crippen LogP contribution in [0.2, 0.25) is 4.34 Å². The molecule has 0 bridgehead atoms. The van der Waals surface area contributed by atoms with E-state index in [1.807, 2.05) is 56.3 Å². The molecule has 3 aromatic rings. The summed E-state index contributed by atoms with van der Waals surface area (Å²) in [4.78, 5) is 6.29. The van der Waals surface area contributed by atoms with E-state index in [1.54, 1.807) is 36.6 Å². The highest BCUT2D eigenvalue weighted by molar-refractivity contribution is 7.91. The Morgan fingerprint density at radius 3 is 2.40 bits per heavy atom. The molecule has 0 unspecified atom stereocenters. The van der Waals surface area contributed by atoms with E-state index >= 15 is 0 Å². The second-order valence-electron chi connectivity index (χ2n) is 6.65. The lowest BCUT2D eigenvalue weighted by Gasteiger charge is -2.11. The summed E-state index contributed by atoms with van der Waals surface area (Å²) in [5.41, 5.74) is 5.85. The van der Waals surface area contributed by atoms with Crippen LogP contribution in [0.25, 0.3) is 6.08 Å². The average molecular weight is 461 g/mol. The van der Waals surface area contributed by atoms with Gasteiger partial charge in [0.05, 0.1) is 4.90 Å². The van der Waals surface area contributed by atoms with Crippen molar-refractivity contribution in [1.82, 2.24) is 4.98 Å². The summed E-state index contributed by atoms with van der Waals surface area (Å²) in [5.74, 6) is 0. The van der Waals surface area contributed by atoms with Crippen molar-refractivity contribution in [2.45, 2.75) is 16.8 Å². The standard InChI is InChI=1S/C21H21ClN4O2S2/c1-15-6-12-18(13-7-15)30(27,28)20-19(22)29-21(24-20)25-23-14-4-5-16-8-10-17(11-9-16)26(2)3/h4-14H,1-3H3,(H,24,25)/b5-4+,23-14+. The maximum absolute atomic E-state index is 12.8. The molecule has 0 fully saturated rings. The first-order chi connectivity index (χ1) is 14.3. The zero-order valence-corrected chi connectivity index (χ0v) is 19.1. The molecule has 0 aliphatic carbocycles. The van der Waals surface area contributed by atoms with Crippen molar-refractivity contribution in [1.29, 1.82) is 0 Å². The number of allylic oxidation sites excluding steroid dienone is 1. The van der Waals surface area contributed by atoms with Gasteiger partial charge in [0.15, 0.2) is 5.03 Å². The Balaban J connectivity index is 1.66. The van der Waals surface area contributed by atoms with E-state index in [0.717, 1.165) is 28.2 Å². The molecule has 6 nitrogen and oxygen atoms in total. The Bertz CT molecular complexity index is 1170. The minimum absolute atomic E-state index is 0.0878. The lowest BCUT2D eigenvalue weighted by atomic mass is 10.2. The Labute approximate surface area is 185 Å². The van der Waals surface area contributed by atoms with E-state index in [0.29, 0.717) is 5.13 Å². The number of aryl methyl sites for hydroxylation is 1. The molecule has 0 spiro atoms. The molecule has 1 heterocycles. The van der Waals surface area contributed by atoms with Crippen molar-refractivity contribution in [2.75, 3.05) is 24.4 Å². The van der Waals surface area contributed by atoms with Gasteiger partial charge in [-0.2, -0.15) is 5.10 Å². The number of rotatable bonds is 7. The van der Waals surface area contributed by atoms with Gasteiger partial charge < -0.3 is 4.90 Å². The smallest absolute Gasteiger partial charge is 0.226 e. The molecule has 0 amide bonds. The van der Waals surface area contributed by atoms with E-state index < -0.39 is 9.84 Å². The third kappa shape index (κ3) is 5.27. The summed E-state index contributed by atoms with van der Waals surface area (Å²) in [7, 11) is 0.195. The summed E-state index contributed by atoms with van der Waals surface area (Å²) in [6.45, 7) is 1.89. The number of nitrogens with zero attached hydrogens (tertiary/aromatic N) is 3. The van der Waals surface area contributed by atoms with E-state index in [-0.39, 0.29) is 14.3 Å². The number of hydrogen-bond donors (Lipinski definition) is 1. The molecule has 2 aromatic carbocycles. The fraction of sp³-hybridized carbons (Fsp3) is 0.143. The van der Waals surface area contributed by atoms with Crippen LogP contribution >= 0.6 is 22.9 Å². The highest BCUT2D eigenvalue weighted by atomic mass is 35.5. The van der Waals surface area contributed by atoms with Crippen molar-refractivity contribution in [3.63, 3.8) is 0 Å². The quantitative estimate of drug-likeness (QED) is 0.391. The predicted molar refractivity (Wildman–Crippen MR) is 126 cm³/mol. The van der Waals surface area contributed by atoms with E-state index in [9.17, 15) is 8.42 Å². The zero-order chi connectivity index (χ0) is 21.7. The lowest BCUT2D eigenvalue weighted by Crippen LogP contribution is -2.07. The third-order valence-electron chi connectivity index (χ3n) is 4.16. The molecule has 1 N–H and O–H groups in total. The number of nitrogens with one attached hydrogen (secondary N) is 1. The van der Waals surface area contributed by atoms with Gasteiger partial charge in [-0.1, -0.05) is 58.8 Å². The van der Waals surface area contributed by atoms with E-state index in [4.69, 9.17) is 11.6 Å². The summed E-state index contributed by atoms with van der Waals surface area (Å²) in [5, 5.41) is 4.17. The molecule has 9 heteroatoms. The maximum atomic E-state index is 12.8. The van der Waals surface area contributed by atoms with E-state index in [2.05, 4.69) is 15.5 Å². The second-order valence-corrected chi connectivity index (χ2v) is 10.1. The molecule has 3 rings (SSSR count). The minimum Gasteiger partial charge on any atom is -0.378 e. The van der Waals surface area contributed by atoms with Crippen molar-refractivity contribution in [3.05, 3.63) is 70.1 Å². The largest absolute Gasteiger partial charge is 0.378 e. The van der Waals surface area contributed by atoms with Crippen molar-refractivity contribution >= 4 is 55.9 Å². The fourth-order valence-corrected chi connectivity index (χ4v) is 5.26. The van der Waals surface area contributed by atoms with Crippen LogP contribution in [0.3, 0.4) is 0 Å². The molecule has 1 aromatic heterocycles. The van der Waals surface area contributed by atoms with Crippen LogP contribution in [0.1, 0.15) is 11.1 Å². The Morgan fingerprint density at radius 1 is 1.10 bits per heavy atom. The van der Waals surface area contributed by atoms with Gasteiger partial charge in [0, 0.05) is 26.0 Å². The molecule has 0 atom stereocenters. The number of aromatic nitrogens is 1. The number of hydrazone groups is 1. The predicted octanol–water partition coefficient (Wildman–Crippen LogP) is 5.11. The molecule has 0 saturated carbocycles. The maximum Gasteiger partial charge on any atom is 0.226 e. The van der Waals surface area contributed by atoms with Gasteiger partial charge in [0.2, 0.25) is 15.0 Å². The summed E-state index contributed by atoms with van der Waals surface area (Å²) >= 11 is 7.15. The van der Waals surface area contributed by atoms with Crippen LogP contribution in [-0.2, 0) is 9.84 Å². The SMILES string of the molecule is Cc1ccc(S(=O)(=O)c2nc(N/N=C/C=C/c3ccc(N(C)C)cc3)sc2Cl)cc1. The van der Waals surface area contributed by atoms with Gasteiger partial charge in [-0.25, -0.2) is 13.4 Å². The Hall–Kier alpha value is -2.68. The Kier molecular flexibility index (Phi) is 6.91. The highest BCUT2D eigenvalue weighted by Gasteiger charge is 2.25. The minimum atomic E-state index is -3.79. The van der Waals surface area contributed by atoms with Crippen molar-refractivity contribution < 1.29 is 8.42 Å². The molecule has 0 aliphatic rings. The molecular weight excluding hydrogens is 440 g/mol. The molecular formula is C21H21ClN4O2S2. The molecule has 156 valence electrons. The third-order valence-corrected chi connectivity index (χ3v) is 7.26. The average Bonchev–Trinajstić information content (AvgIpc) is 3.10. The zero-order valence-electron chi connectivity index (χ0n) is 16.7. The highest BCUT2D eigenvalue weighted by Crippen LogP contribution is 2.34. The first-order valence-corrected chi connectivity index (χ1v) is 11.7. The molecule has 0 saturated heterocycles. The number of anilines is 2. The Morgan fingerprint density at radius 2 is 1.77 bits per heavy atom. The van der Waals surface area contributed by atoms with Crippen LogP contribution in [0.4, 0.5) is 10.8 Å². The summed E-state index contributed by atoms with van der Waals surface area (Å²) in [6, 6.07) is 14.6. The van der Waals surface area contributed by atoms with Gasteiger partial charge in [0.25, 0.3) is 0 Å². The molecule has 0 radical (unpaired) electrons. The van der Waals surface area contributed by atoms with Crippen LogP contribution in [0, 0.1) is 6.92 Å². The van der Waals surface area contributed by atoms with Crippen molar-refractivity contribution in [3.8, 4) is 0 Å². The monoisotopic (exact) mass is 460 g/mol. The number of benzene rings is 2.